The van der Waals surface area contributed by atoms with Crippen LogP contribution in [0.1, 0.15) is 39.8 Å². The molecule has 0 radical (unpaired) electrons. The molecule has 2 amide bonds. The first-order valence-corrected chi connectivity index (χ1v) is 11.1. The third kappa shape index (κ3) is 4.98. The van der Waals surface area contributed by atoms with E-state index in [-0.39, 0.29) is 34.7 Å². The van der Waals surface area contributed by atoms with Gasteiger partial charge in [-0.1, -0.05) is 18.2 Å². The molecule has 2 aromatic carbocycles. The van der Waals surface area contributed by atoms with E-state index in [1.807, 2.05) is 31.2 Å². The van der Waals surface area contributed by atoms with E-state index in [4.69, 9.17) is 18.6 Å². The number of hydrogen-bond donors (Lipinski definition) is 1. The number of nitrogens with one attached hydrogen (secondary N) is 1. The number of fused-ring (bicyclic) bond motifs is 1. The summed E-state index contributed by atoms with van der Waals surface area (Å²) in [6, 6.07) is 13.6. The topological polar surface area (TPSA) is 107 Å². The summed E-state index contributed by atoms with van der Waals surface area (Å²) >= 11 is 0. The van der Waals surface area contributed by atoms with Gasteiger partial charge in [0, 0.05) is 23.9 Å². The summed E-state index contributed by atoms with van der Waals surface area (Å²) in [5.74, 6) is -1.07. The maximum atomic E-state index is 13.1. The highest BCUT2D eigenvalue weighted by atomic mass is 16.5. The summed E-state index contributed by atoms with van der Waals surface area (Å²) in [4.78, 5) is 40.3. The number of ether oxygens (including phenoxy) is 3. The molecule has 9 heteroatoms. The Bertz CT molecular complexity index is 1240. The van der Waals surface area contributed by atoms with Crippen LogP contribution in [0.2, 0.25) is 0 Å². The van der Waals surface area contributed by atoms with Gasteiger partial charge >= 0.3 is 5.97 Å². The molecule has 2 heterocycles. The molecule has 0 saturated heterocycles. The van der Waals surface area contributed by atoms with Gasteiger partial charge in [0.2, 0.25) is 0 Å². The number of amides is 2. The Morgan fingerprint density at radius 2 is 1.80 bits per heavy atom. The van der Waals surface area contributed by atoms with Gasteiger partial charge in [0.05, 0.1) is 31.7 Å². The lowest BCUT2D eigenvalue weighted by Crippen LogP contribution is -2.44. The van der Waals surface area contributed by atoms with Crippen LogP contribution < -0.4 is 19.7 Å². The molecule has 35 heavy (non-hydrogen) atoms. The summed E-state index contributed by atoms with van der Waals surface area (Å²) in [6.45, 7) is 1.50. The highest BCUT2D eigenvalue weighted by Crippen LogP contribution is 2.34. The van der Waals surface area contributed by atoms with Gasteiger partial charge in [0.25, 0.3) is 11.8 Å². The molecule has 3 aromatic rings. The van der Waals surface area contributed by atoms with Gasteiger partial charge in [0.15, 0.2) is 23.9 Å². The van der Waals surface area contributed by atoms with Gasteiger partial charge in [-0.25, -0.2) is 4.79 Å². The number of carbonyl (C=O) groups excluding carboxylic acids is 3. The van der Waals surface area contributed by atoms with Gasteiger partial charge in [0.1, 0.15) is 0 Å². The predicted molar refractivity (Wildman–Crippen MR) is 128 cm³/mol. The lowest BCUT2D eigenvalue weighted by Gasteiger charge is -2.35. The third-order valence-electron chi connectivity index (χ3n) is 5.86. The summed E-state index contributed by atoms with van der Waals surface area (Å²) in [5, 5.41) is 2.63. The Kier molecular flexibility index (Phi) is 7.05. The molecular formula is C26H26N2O7. The largest absolute Gasteiger partial charge is 0.493 e. The number of aryl methyl sites for hydroxylation is 1. The van der Waals surface area contributed by atoms with Crippen LogP contribution in [0, 0.1) is 0 Å². The predicted octanol–water partition coefficient (Wildman–Crippen LogP) is 4.07. The van der Waals surface area contributed by atoms with Crippen LogP contribution in [0.3, 0.4) is 0 Å². The van der Waals surface area contributed by atoms with Crippen LogP contribution in [0.5, 0.6) is 11.5 Å². The fourth-order valence-corrected chi connectivity index (χ4v) is 4.09. The van der Waals surface area contributed by atoms with E-state index in [2.05, 4.69) is 5.32 Å². The summed E-state index contributed by atoms with van der Waals surface area (Å²) in [5.41, 5.74) is 2.03. The quantitative estimate of drug-likeness (QED) is 0.510. The number of rotatable bonds is 7. The molecule has 1 aliphatic rings. The minimum atomic E-state index is -0.799. The molecule has 0 bridgehead atoms. The molecule has 1 atom stereocenters. The van der Waals surface area contributed by atoms with Gasteiger partial charge in [-0.15, -0.1) is 0 Å². The van der Waals surface area contributed by atoms with Crippen LogP contribution in [0.25, 0.3) is 0 Å². The fourth-order valence-electron chi connectivity index (χ4n) is 4.09. The zero-order chi connectivity index (χ0) is 24.9. The van der Waals surface area contributed by atoms with Crippen molar-refractivity contribution in [3.05, 3.63) is 71.7 Å². The smallest absolute Gasteiger partial charge is 0.340 e. The van der Waals surface area contributed by atoms with Crippen molar-refractivity contribution in [1.82, 2.24) is 0 Å². The third-order valence-corrected chi connectivity index (χ3v) is 5.86. The van der Waals surface area contributed by atoms with Crippen molar-refractivity contribution >= 4 is 29.2 Å². The van der Waals surface area contributed by atoms with Crippen LogP contribution in [0.4, 0.5) is 11.4 Å². The number of anilines is 2. The monoisotopic (exact) mass is 478 g/mol. The van der Waals surface area contributed by atoms with Crippen LogP contribution >= 0.6 is 0 Å². The number of para-hydroxylation sites is 1. The molecular weight excluding hydrogens is 452 g/mol. The molecule has 9 nitrogen and oxygen atoms in total. The number of methoxy groups -OCH3 is 2. The van der Waals surface area contributed by atoms with Crippen LogP contribution in [-0.2, 0) is 16.0 Å². The highest BCUT2D eigenvalue weighted by molar-refractivity contribution is 6.07. The Morgan fingerprint density at radius 3 is 2.51 bits per heavy atom. The maximum Gasteiger partial charge on any atom is 0.340 e. The molecule has 182 valence electrons. The van der Waals surface area contributed by atoms with Crippen molar-refractivity contribution in [3.63, 3.8) is 0 Å². The minimum Gasteiger partial charge on any atom is -0.493 e. The van der Waals surface area contributed by atoms with E-state index in [0.29, 0.717) is 5.75 Å². The van der Waals surface area contributed by atoms with Crippen molar-refractivity contribution in [3.8, 4) is 11.5 Å². The van der Waals surface area contributed by atoms with Crippen molar-refractivity contribution in [1.29, 1.82) is 0 Å². The average molecular weight is 479 g/mol. The van der Waals surface area contributed by atoms with E-state index in [9.17, 15) is 14.4 Å². The number of esters is 1. The fraction of sp³-hybridized carbons (Fsp3) is 0.269. The van der Waals surface area contributed by atoms with E-state index < -0.39 is 18.5 Å². The second kappa shape index (κ2) is 10.3. The van der Waals surface area contributed by atoms with E-state index >= 15 is 0 Å². The minimum absolute atomic E-state index is 0.00227. The molecule has 1 aromatic heterocycles. The van der Waals surface area contributed by atoms with Crippen molar-refractivity contribution in [2.75, 3.05) is 31.0 Å². The lowest BCUT2D eigenvalue weighted by atomic mass is 9.96. The summed E-state index contributed by atoms with van der Waals surface area (Å²) < 4.78 is 21.1. The Hall–Kier alpha value is -4.27. The molecule has 1 unspecified atom stereocenters. The first-order valence-electron chi connectivity index (χ1n) is 11.1. The van der Waals surface area contributed by atoms with Crippen molar-refractivity contribution in [2.45, 2.75) is 25.8 Å². The van der Waals surface area contributed by atoms with Crippen LogP contribution in [-0.4, -0.2) is 44.7 Å². The number of hydrogen-bond acceptors (Lipinski definition) is 7. The Balaban J connectivity index is 1.55. The average Bonchev–Trinajstić information content (AvgIpc) is 3.42. The van der Waals surface area contributed by atoms with Gasteiger partial charge in [-0.3, -0.25) is 9.59 Å². The number of benzene rings is 2. The van der Waals surface area contributed by atoms with Gasteiger partial charge in [-0.2, -0.15) is 0 Å². The number of nitrogens with zero attached hydrogens (tertiary/aromatic N) is 1. The molecule has 0 spiro atoms. The number of carbonyl (C=O) groups is 3. The van der Waals surface area contributed by atoms with E-state index in [0.717, 1.165) is 24.1 Å². The first kappa shape index (κ1) is 23.9. The Morgan fingerprint density at radius 1 is 1.06 bits per heavy atom. The standard InChI is InChI=1S/C26H26N2O7/c1-16-10-11-17-7-4-5-8-20(17)28(16)24(29)15-35-26(31)18-13-22(32-2)23(33-3)14-19(18)27-25(30)21-9-6-12-34-21/h4-9,12-14,16H,10-11,15H2,1-3H3,(H,27,30). The number of furan rings is 1. The molecule has 0 fully saturated rings. The summed E-state index contributed by atoms with van der Waals surface area (Å²) in [7, 11) is 2.86. The van der Waals surface area contributed by atoms with E-state index in [1.165, 1.54) is 38.7 Å². The SMILES string of the molecule is COc1cc(NC(=O)c2ccco2)c(C(=O)OCC(=O)N2c3ccccc3CCC2C)cc1OC. The zero-order valence-electron chi connectivity index (χ0n) is 19.7. The molecule has 0 saturated carbocycles. The summed E-state index contributed by atoms with van der Waals surface area (Å²) in [6.07, 6.45) is 3.06. The van der Waals surface area contributed by atoms with Crippen molar-refractivity contribution < 1.29 is 33.0 Å². The normalized spacial score (nSPS) is 14.6. The Labute approximate surface area is 202 Å². The molecule has 0 aliphatic carbocycles. The van der Waals surface area contributed by atoms with E-state index in [1.54, 1.807) is 11.0 Å². The second-order valence-electron chi connectivity index (χ2n) is 8.04. The zero-order valence-corrected chi connectivity index (χ0v) is 19.7. The maximum absolute atomic E-state index is 13.1. The molecule has 4 rings (SSSR count). The molecule has 1 aliphatic heterocycles. The van der Waals surface area contributed by atoms with Gasteiger partial charge < -0.3 is 28.8 Å². The van der Waals surface area contributed by atoms with Gasteiger partial charge in [-0.05, 0) is 43.5 Å². The lowest BCUT2D eigenvalue weighted by molar-refractivity contribution is -0.122. The molecule has 1 N–H and O–H groups in total. The second-order valence-corrected chi connectivity index (χ2v) is 8.04. The van der Waals surface area contributed by atoms with Crippen LogP contribution in [0.15, 0.2) is 59.2 Å². The first-order chi connectivity index (χ1) is 16.9. The van der Waals surface area contributed by atoms with Crippen molar-refractivity contribution in [2.24, 2.45) is 0 Å². The highest BCUT2D eigenvalue weighted by Gasteiger charge is 2.29.